The summed E-state index contributed by atoms with van der Waals surface area (Å²) in [5.41, 5.74) is 1.13. The van der Waals surface area contributed by atoms with Gasteiger partial charge >= 0.3 is 5.76 Å². The molecule has 0 radical (unpaired) electrons. The Morgan fingerprint density at radius 3 is 3.03 bits per heavy atom. The third kappa shape index (κ3) is 4.47. The number of hydrogen-bond acceptors (Lipinski definition) is 7. The highest BCUT2D eigenvalue weighted by Crippen LogP contribution is 2.31. The van der Waals surface area contributed by atoms with Crippen LogP contribution in [0.4, 0.5) is 4.39 Å². The molecule has 3 heterocycles. The Balaban J connectivity index is 1.56. The van der Waals surface area contributed by atoms with Gasteiger partial charge in [0.1, 0.15) is 11.4 Å². The zero-order valence-electron chi connectivity index (χ0n) is 15.2. The van der Waals surface area contributed by atoms with Crippen molar-refractivity contribution >= 4 is 11.6 Å². The summed E-state index contributed by atoms with van der Waals surface area (Å²) in [6.45, 7) is 2.00. The van der Waals surface area contributed by atoms with Gasteiger partial charge in [0.05, 0.1) is 24.3 Å². The fourth-order valence-electron chi connectivity index (χ4n) is 3.19. The maximum absolute atomic E-state index is 14.0. The molecule has 152 valence electrons. The molecule has 2 aromatic heterocycles. The Bertz CT molecular complexity index is 1040. The van der Waals surface area contributed by atoms with Crippen LogP contribution >= 0.6 is 11.6 Å². The van der Waals surface area contributed by atoms with Gasteiger partial charge in [-0.25, -0.2) is 19.3 Å². The predicted octanol–water partition coefficient (Wildman–Crippen LogP) is 2.57. The molecule has 2 atom stereocenters. The van der Waals surface area contributed by atoms with Crippen molar-refractivity contribution in [3.8, 4) is 17.3 Å². The minimum Gasteiger partial charge on any atom is -0.477 e. The molecule has 0 unspecified atom stereocenters. The number of rotatable bonds is 5. The molecule has 4 rings (SSSR count). The summed E-state index contributed by atoms with van der Waals surface area (Å²) >= 11 is 5.81. The lowest BCUT2D eigenvalue weighted by molar-refractivity contribution is 0.0146. The van der Waals surface area contributed by atoms with Gasteiger partial charge in [0.2, 0.25) is 5.88 Å². The van der Waals surface area contributed by atoms with E-state index in [-0.39, 0.29) is 35.4 Å². The van der Waals surface area contributed by atoms with Crippen molar-refractivity contribution in [3.05, 3.63) is 63.5 Å². The lowest BCUT2D eigenvalue weighted by atomic mass is 9.96. The van der Waals surface area contributed by atoms with Crippen LogP contribution in [0.5, 0.6) is 5.88 Å². The first kappa shape index (κ1) is 19.6. The van der Waals surface area contributed by atoms with E-state index >= 15 is 0 Å². The molecule has 2 N–H and O–H groups in total. The standard InChI is InChI=1S/C19H18ClFN4O4/c20-14-4-3-11(8-15(14)21)16-12(9-22-6-7-27-16)10-28-17-13(2-1-5-23-17)18-24-25-19(26)29-18/h1-5,8,12,16,22H,6-7,9-10H2,(H,25,26)/t12-,16-/m0/s1. The van der Waals surface area contributed by atoms with Gasteiger partial charge in [-0.1, -0.05) is 17.7 Å². The van der Waals surface area contributed by atoms with Gasteiger partial charge in [0.25, 0.3) is 5.89 Å². The quantitative estimate of drug-likeness (QED) is 0.654. The van der Waals surface area contributed by atoms with Crippen molar-refractivity contribution in [2.45, 2.75) is 6.10 Å². The van der Waals surface area contributed by atoms with Gasteiger partial charge in [0, 0.05) is 25.2 Å². The summed E-state index contributed by atoms with van der Waals surface area (Å²) in [5.74, 6) is -0.928. The number of hydrogen-bond donors (Lipinski definition) is 2. The van der Waals surface area contributed by atoms with E-state index in [0.717, 1.165) is 0 Å². The van der Waals surface area contributed by atoms with Crippen LogP contribution in [0.3, 0.4) is 0 Å². The van der Waals surface area contributed by atoms with Crippen molar-refractivity contribution in [2.24, 2.45) is 5.92 Å². The van der Waals surface area contributed by atoms with Crippen molar-refractivity contribution in [2.75, 3.05) is 26.3 Å². The smallest absolute Gasteiger partial charge is 0.434 e. The van der Waals surface area contributed by atoms with E-state index in [2.05, 4.69) is 20.5 Å². The number of benzene rings is 1. The molecule has 0 bridgehead atoms. The van der Waals surface area contributed by atoms with Gasteiger partial charge in [0.15, 0.2) is 0 Å². The van der Waals surface area contributed by atoms with E-state index in [1.54, 1.807) is 24.4 Å². The van der Waals surface area contributed by atoms with Crippen LogP contribution in [0.15, 0.2) is 45.7 Å². The molecule has 1 aliphatic heterocycles. The van der Waals surface area contributed by atoms with E-state index in [4.69, 9.17) is 25.5 Å². The Labute approximate surface area is 170 Å². The fraction of sp³-hybridized carbons (Fsp3) is 0.316. The Morgan fingerprint density at radius 2 is 2.24 bits per heavy atom. The first-order valence-electron chi connectivity index (χ1n) is 9.03. The van der Waals surface area contributed by atoms with E-state index in [1.165, 1.54) is 12.1 Å². The van der Waals surface area contributed by atoms with Crippen LogP contribution in [0.2, 0.25) is 5.02 Å². The second kappa shape index (κ2) is 8.73. The highest BCUT2D eigenvalue weighted by molar-refractivity contribution is 6.30. The summed E-state index contributed by atoms with van der Waals surface area (Å²) in [4.78, 5) is 15.5. The summed E-state index contributed by atoms with van der Waals surface area (Å²) in [6.07, 6.45) is 1.18. The monoisotopic (exact) mass is 420 g/mol. The topological polar surface area (TPSA) is 102 Å². The Kier molecular flexibility index (Phi) is 5.89. The van der Waals surface area contributed by atoms with Gasteiger partial charge in [-0.05, 0) is 29.8 Å². The molecule has 0 spiro atoms. The normalized spacial score (nSPS) is 19.7. The molecule has 0 saturated carbocycles. The second-order valence-corrected chi connectivity index (χ2v) is 6.92. The SMILES string of the molecule is O=c1[nH]nc(-c2cccnc2OC[C@@H]2CNCCO[C@H]2c2ccc(Cl)c(F)c2)o1. The molecular weight excluding hydrogens is 403 g/mol. The first-order valence-corrected chi connectivity index (χ1v) is 9.40. The molecule has 8 nitrogen and oxygen atoms in total. The van der Waals surface area contributed by atoms with Gasteiger partial charge in [-0.3, -0.25) is 0 Å². The average molecular weight is 421 g/mol. The third-order valence-electron chi connectivity index (χ3n) is 4.56. The van der Waals surface area contributed by atoms with Crippen molar-refractivity contribution in [1.82, 2.24) is 20.5 Å². The van der Waals surface area contributed by atoms with E-state index in [9.17, 15) is 9.18 Å². The molecule has 1 saturated heterocycles. The number of nitrogens with one attached hydrogen (secondary N) is 2. The van der Waals surface area contributed by atoms with Crippen molar-refractivity contribution < 1.29 is 18.3 Å². The lowest BCUT2D eigenvalue weighted by Crippen LogP contribution is -2.29. The molecule has 1 fully saturated rings. The fourth-order valence-corrected chi connectivity index (χ4v) is 3.31. The molecule has 0 aliphatic carbocycles. The minimum absolute atomic E-state index is 0.0620. The highest BCUT2D eigenvalue weighted by atomic mass is 35.5. The number of aromatic amines is 1. The van der Waals surface area contributed by atoms with Crippen molar-refractivity contribution in [1.29, 1.82) is 0 Å². The molecule has 1 aliphatic rings. The zero-order valence-corrected chi connectivity index (χ0v) is 16.0. The first-order chi connectivity index (χ1) is 14.1. The largest absolute Gasteiger partial charge is 0.477 e. The molecule has 1 aromatic carbocycles. The second-order valence-electron chi connectivity index (χ2n) is 6.51. The van der Waals surface area contributed by atoms with Gasteiger partial charge in [-0.15, -0.1) is 5.10 Å². The predicted molar refractivity (Wildman–Crippen MR) is 102 cm³/mol. The molecule has 10 heteroatoms. The van der Waals surface area contributed by atoms with Crippen LogP contribution < -0.4 is 15.8 Å². The van der Waals surface area contributed by atoms with E-state index in [1.807, 2.05) is 0 Å². The van der Waals surface area contributed by atoms with Crippen LogP contribution in [0.1, 0.15) is 11.7 Å². The third-order valence-corrected chi connectivity index (χ3v) is 4.86. The molecule has 29 heavy (non-hydrogen) atoms. The number of H-pyrrole nitrogens is 1. The lowest BCUT2D eigenvalue weighted by Gasteiger charge is -2.25. The van der Waals surface area contributed by atoms with E-state index < -0.39 is 11.6 Å². The summed E-state index contributed by atoms with van der Waals surface area (Å²) < 4.78 is 30.9. The zero-order chi connectivity index (χ0) is 20.2. The van der Waals surface area contributed by atoms with Crippen LogP contribution in [0.25, 0.3) is 11.5 Å². The van der Waals surface area contributed by atoms with Crippen LogP contribution in [0, 0.1) is 11.7 Å². The van der Waals surface area contributed by atoms with Crippen molar-refractivity contribution in [3.63, 3.8) is 0 Å². The molecular formula is C19H18ClFN4O4. The van der Waals surface area contributed by atoms with Gasteiger partial charge in [-0.2, -0.15) is 0 Å². The van der Waals surface area contributed by atoms with E-state index in [0.29, 0.717) is 30.8 Å². The number of halogens is 2. The number of pyridine rings is 1. The number of ether oxygens (including phenoxy) is 2. The summed E-state index contributed by atoms with van der Waals surface area (Å²) in [5, 5.41) is 9.38. The molecule has 3 aromatic rings. The minimum atomic E-state index is -0.666. The maximum atomic E-state index is 14.0. The number of nitrogens with zero attached hydrogens (tertiary/aromatic N) is 2. The van der Waals surface area contributed by atoms with Crippen LogP contribution in [-0.2, 0) is 4.74 Å². The van der Waals surface area contributed by atoms with Crippen LogP contribution in [-0.4, -0.2) is 41.5 Å². The Morgan fingerprint density at radius 1 is 1.34 bits per heavy atom. The summed E-state index contributed by atoms with van der Waals surface area (Å²) in [6, 6.07) is 8.03. The maximum Gasteiger partial charge on any atom is 0.434 e. The Hall–Kier alpha value is -2.75. The molecule has 0 amide bonds. The van der Waals surface area contributed by atoms with Gasteiger partial charge < -0.3 is 19.2 Å². The number of aromatic nitrogens is 3. The average Bonchev–Trinajstić information content (AvgIpc) is 3.02. The highest BCUT2D eigenvalue weighted by Gasteiger charge is 2.28. The summed E-state index contributed by atoms with van der Waals surface area (Å²) in [7, 11) is 0.